The van der Waals surface area contributed by atoms with E-state index in [1.807, 2.05) is 24.3 Å². The van der Waals surface area contributed by atoms with Gasteiger partial charge in [0, 0.05) is 37.4 Å². The van der Waals surface area contributed by atoms with E-state index >= 15 is 0 Å². The minimum Gasteiger partial charge on any atom is -0.368 e. The predicted molar refractivity (Wildman–Crippen MR) is 125 cm³/mol. The predicted octanol–water partition coefficient (Wildman–Crippen LogP) is 2.67. The highest BCUT2D eigenvalue weighted by Crippen LogP contribution is 2.46. The van der Waals surface area contributed by atoms with Crippen molar-refractivity contribution in [2.24, 2.45) is 11.3 Å². The molecule has 33 heavy (non-hydrogen) atoms. The van der Waals surface area contributed by atoms with E-state index < -0.39 is 11.6 Å². The first-order valence-electron chi connectivity index (χ1n) is 11.8. The van der Waals surface area contributed by atoms with Gasteiger partial charge in [0.05, 0.1) is 0 Å². The van der Waals surface area contributed by atoms with E-state index in [-0.39, 0.29) is 29.6 Å². The average Bonchev–Trinajstić information content (AvgIpc) is 2.95. The molecule has 4 rings (SSSR count). The normalized spacial score (nSPS) is 27.2. The Bertz CT molecular complexity index is 965. The molecule has 1 aromatic rings. The van der Waals surface area contributed by atoms with Crippen LogP contribution in [0.4, 0.5) is 10.5 Å². The third-order valence-corrected chi connectivity index (χ3v) is 7.19. The van der Waals surface area contributed by atoms with Gasteiger partial charge in [0.1, 0.15) is 12.1 Å². The quantitative estimate of drug-likeness (QED) is 0.558. The molecule has 0 bridgehead atoms. The van der Waals surface area contributed by atoms with Gasteiger partial charge >= 0.3 is 6.03 Å². The van der Waals surface area contributed by atoms with Crippen LogP contribution in [0.1, 0.15) is 57.3 Å². The van der Waals surface area contributed by atoms with Crippen molar-refractivity contribution in [3.63, 3.8) is 0 Å². The Morgan fingerprint density at radius 3 is 2.24 bits per heavy atom. The van der Waals surface area contributed by atoms with E-state index in [1.54, 1.807) is 11.8 Å². The lowest BCUT2D eigenvalue weighted by Crippen LogP contribution is -2.55. The number of anilines is 1. The first kappa shape index (κ1) is 23.3. The molecule has 8 nitrogen and oxygen atoms in total. The molecule has 2 aliphatic heterocycles. The van der Waals surface area contributed by atoms with Crippen LogP contribution in [-0.2, 0) is 9.59 Å². The van der Waals surface area contributed by atoms with E-state index in [2.05, 4.69) is 31.0 Å². The number of piperazine rings is 1. The number of amides is 4. The molecule has 178 valence electrons. The maximum absolute atomic E-state index is 13.3. The molecule has 2 heterocycles. The Morgan fingerprint density at radius 2 is 1.67 bits per heavy atom. The highest BCUT2D eigenvalue weighted by molar-refractivity contribution is 6.09. The summed E-state index contributed by atoms with van der Waals surface area (Å²) >= 11 is 0. The van der Waals surface area contributed by atoms with E-state index in [0.29, 0.717) is 50.5 Å². The number of benzene rings is 1. The van der Waals surface area contributed by atoms with Crippen molar-refractivity contribution in [2.45, 2.75) is 52.5 Å². The van der Waals surface area contributed by atoms with Crippen molar-refractivity contribution in [2.75, 3.05) is 37.6 Å². The monoisotopic (exact) mass is 454 g/mol. The lowest BCUT2D eigenvalue weighted by molar-refractivity contribution is -0.140. The number of carbonyl (C=O) groups is 4. The van der Waals surface area contributed by atoms with Crippen LogP contribution in [-0.4, -0.2) is 71.7 Å². The first-order valence-corrected chi connectivity index (χ1v) is 11.8. The highest BCUT2D eigenvalue weighted by Gasteiger charge is 2.56. The Morgan fingerprint density at radius 1 is 1.03 bits per heavy atom. The second-order valence-electron chi connectivity index (χ2n) is 10.7. The van der Waals surface area contributed by atoms with Gasteiger partial charge in [0.2, 0.25) is 5.91 Å². The van der Waals surface area contributed by atoms with Crippen molar-refractivity contribution in [3.05, 3.63) is 29.8 Å². The minimum atomic E-state index is -0.886. The second-order valence-corrected chi connectivity index (χ2v) is 10.7. The van der Waals surface area contributed by atoms with E-state index in [4.69, 9.17) is 0 Å². The fourth-order valence-electron chi connectivity index (χ4n) is 6.01. The molecule has 1 aromatic carbocycles. The lowest BCUT2D eigenvalue weighted by Gasteiger charge is -2.43. The van der Waals surface area contributed by atoms with Crippen LogP contribution in [0.2, 0.25) is 0 Å². The van der Waals surface area contributed by atoms with Crippen LogP contribution in [0.25, 0.3) is 0 Å². The van der Waals surface area contributed by atoms with Gasteiger partial charge in [-0.05, 0) is 61.8 Å². The summed E-state index contributed by atoms with van der Waals surface area (Å²) in [5.41, 5.74) is 0.759. The summed E-state index contributed by atoms with van der Waals surface area (Å²) in [4.78, 5) is 55.4. The Labute approximate surface area is 195 Å². The number of ketones is 1. The molecule has 2 atom stereocenters. The van der Waals surface area contributed by atoms with Crippen LogP contribution in [0.5, 0.6) is 0 Å². The van der Waals surface area contributed by atoms with Gasteiger partial charge in [-0.15, -0.1) is 0 Å². The standard InChI is InChI=1S/C25H34N4O4/c1-17-13-24(3,4)16-25(14-17)22(32)29(23(33)26-25)15-21(31)28-11-9-27(10-12-28)20-7-5-19(6-8-20)18(2)30/h5-8,17H,9-16H2,1-4H3,(H,26,33). The summed E-state index contributed by atoms with van der Waals surface area (Å²) in [5.74, 6) is -0.105. The number of urea groups is 1. The van der Waals surface area contributed by atoms with Crippen LogP contribution in [0.3, 0.4) is 0 Å². The third kappa shape index (κ3) is 4.61. The molecular formula is C25H34N4O4. The maximum Gasteiger partial charge on any atom is 0.325 e. The van der Waals surface area contributed by atoms with Crippen molar-refractivity contribution in [3.8, 4) is 0 Å². The Kier molecular flexibility index (Phi) is 5.97. The van der Waals surface area contributed by atoms with E-state index in [9.17, 15) is 19.2 Å². The van der Waals surface area contributed by atoms with Crippen LogP contribution in [0.15, 0.2) is 24.3 Å². The Hall–Kier alpha value is -2.90. The zero-order chi connectivity index (χ0) is 24.0. The zero-order valence-corrected chi connectivity index (χ0v) is 20.0. The molecule has 1 saturated carbocycles. The molecule has 1 N–H and O–H groups in total. The Balaban J connectivity index is 1.36. The second kappa shape index (κ2) is 8.47. The van der Waals surface area contributed by atoms with Gasteiger partial charge < -0.3 is 15.1 Å². The first-order chi connectivity index (χ1) is 15.5. The van der Waals surface area contributed by atoms with Crippen molar-refractivity contribution in [1.82, 2.24) is 15.1 Å². The molecule has 8 heteroatoms. The van der Waals surface area contributed by atoms with Crippen molar-refractivity contribution >= 4 is 29.3 Å². The molecule has 3 fully saturated rings. The van der Waals surface area contributed by atoms with Gasteiger partial charge in [-0.1, -0.05) is 20.8 Å². The molecule has 2 unspecified atom stereocenters. The smallest absolute Gasteiger partial charge is 0.325 e. The minimum absolute atomic E-state index is 0.0329. The van der Waals surface area contributed by atoms with E-state index in [0.717, 1.165) is 17.0 Å². The molecule has 4 amide bonds. The van der Waals surface area contributed by atoms with Crippen LogP contribution >= 0.6 is 0 Å². The summed E-state index contributed by atoms with van der Waals surface area (Å²) in [6, 6.07) is 7.02. The lowest BCUT2D eigenvalue weighted by atomic mass is 9.64. The molecule has 2 saturated heterocycles. The summed E-state index contributed by atoms with van der Waals surface area (Å²) in [6.45, 7) is 10.1. The molecule has 3 aliphatic rings. The molecule has 0 aromatic heterocycles. The molecule has 1 spiro atoms. The number of hydrogen-bond acceptors (Lipinski definition) is 5. The molecular weight excluding hydrogens is 420 g/mol. The maximum atomic E-state index is 13.3. The summed E-state index contributed by atoms with van der Waals surface area (Å²) in [7, 11) is 0. The van der Waals surface area contributed by atoms with Gasteiger partial charge in [-0.3, -0.25) is 19.3 Å². The summed E-state index contributed by atoms with van der Waals surface area (Å²) in [6.07, 6.45) is 2.23. The number of nitrogens with zero attached hydrogens (tertiary/aromatic N) is 3. The topological polar surface area (TPSA) is 90.0 Å². The van der Waals surface area contributed by atoms with Crippen molar-refractivity contribution in [1.29, 1.82) is 0 Å². The number of carbonyl (C=O) groups excluding carboxylic acids is 4. The van der Waals surface area contributed by atoms with Crippen molar-refractivity contribution < 1.29 is 19.2 Å². The third-order valence-electron chi connectivity index (χ3n) is 7.19. The fourth-order valence-corrected chi connectivity index (χ4v) is 6.01. The SMILES string of the molecule is CC(=O)c1ccc(N2CCN(C(=O)CN3C(=O)NC4(CC(C)CC(C)(C)C4)C3=O)CC2)cc1. The summed E-state index contributed by atoms with van der Waals surface area (Å²) in [5, 5.41) is 2.94. The van der Waals surface area contributed by atoms with Gasteiger partial charge in [0.25, 0.3) is 5.91 Å². The molecule has 0 radical (unpaired) electrons. The number of imide groups is 1. The average molecular weight is 455 g/mol. The fraction of sp³-hybridized carbons (Fsp3) is 0.600. The molecule has 1 aliphatic carbocycles. The van der Waals surface area contributed by atoms with Gasteiger partial charge in [-0.2, -0.15) is 0 Å². The van der Waals surface area contributed by atoms with Crippen LogP contribution < -0.4 is 10.2 Å². The summed E-state index contributed by atoms with van der Waals surface area (Å²) < 4.78 is 0. The van der Waals surface area contributed by atoms with E-state index in [1.165, 1.54) is 0 Å². The number of Topliss-reactive ketones (excluding diaryl/α,β-unsaturated/α-hetero) is 1. The largest absolute Gasteiger partial charge is 0.368 e. The number of nitrogens with one attached hydrogen (secondary N) is 1. The van der Waals surface area contributed by atoms with Gasteiger partial charge in [0.15, 0.2) is 5.78 Å². The zero-order valence-electron chi connectivity index (χ0n) is 20.0. The highest BCUT2D eigenvalue weighted by atomic mass is 16.2. The number of rotatable bonds is 4. The number of hydrogen-bond donors (Lipinski definition) is 1. The van der Waals surface area contributed by atoms with Crippen LogP contribution in [0, 0.1) is 11.3 Å². The van der Waals surface area contributed by atoms with Gasteiger partial charge in [-0.25, -0.2) is 4.79 Å².